The van der Waals surface area contributed by atoms with Gasteiger partial charge in [0.15, 0.2) is 5.76 Å². The van der Waals surface area contributed by atoms with E-state index in [1.807, 2.05) is 23.1 Å². The molecule has 162 valence electrons. The third-order valence-electron chi connectivity index (χ3n) is 5.77. The predicted octanol–water partition coefficient (Wildman–Crippen LogP) is 4.69. The number of carbonyl (C=O) groups excluding carboxylic acids is 1. The third-order valence-corrected chi connectivity index (χ3v) is 5.77. The molecular weight excluding hydrogens is 388 g/mol. The molecular formula is C26H30N2O3. The smallest absolute Gasteiger partial charge is 0.289 e. The van der Waals surface area contributed by atoms with Crippen molar-refractivity contribution < 1.29 is 13.9 Å². The summed E-state index contributed by atoms with van der Waals surface area (Å²) < 4.78 is 11.6. The first-order valence-corrected chi connectivity index (χ1v) is 11.0. The highest BCUT2D eigenvalue weighted by atomic mass is 16.5. The average molecular weight is 419 g/mol. The molecule has 1 aliphatic rings. The quantitative estimate of drug-likeness (QED) is 0.559. The number of hydrogen-bond donors (Lipinski definition) is 0. The fourth-order valence-corrected chi connectivity index (χ4v) is 3.76. The van der Waals surface area contributed by atoms with Crippen molar-refractivity contribution in [3.63, 3.8) is 0 Å². The van der Waals surface area contributed by atoms with Crippen molar-refractivity contribution in [3.8, 4) is 5.75 Å². The van der Waals surface area contributed by atoms with Crippen molar-refractivity contribution in [2.45, 2.75) is 33.4 Å². The van der Waals surface area contributed by atoms with Crippen LogP contribution in [0.5, 0.6) is 5.75 Å². The van der Waals surface area contributed by atoms with E-state index in [1.165, 1.54) is 16.7 Å². The Morgan fingerprint density at radius 3 is 2.26 bits per heavy atom. The number of rotatable bonds is 7. The maximum absolute atomic E-state index is 12.8. The molecule has 0 bridgehead atoms. The molecule has 31 heavy (non-hydrogen) atoms. The van der Waals surface area contributed by atoms with Crippen molar-refractivity contribution in [1.82, 2.24) is 9.80 Å². The number of carbonyl (C=O) groups is 1. The molecule has 1 aromatic heterocycles. The molecule has 2 aromatic carbocycles. The summed E-state index contributed by atoms with van der Waals surface area (Å²) in [6.07, 6.45) is 1.00. The van der Waals surface area contributed by atoms with Gasteiger partial charge < -0.3 is 14.1 Å². The Kier molecular flexibility index (Phi) is 6.73. The second kappa shape index (κ2) is 9.84. The molecule has 1 fully saturated rings. The number of piperazine rings is 1. The van der Waals surface area contributed by atoms with Crippen LogP contribution in [0, 0.1) is 6.92 Å². The predicted molar refractivity (Wildman–Crippen MR) is 121 cm³/mol. The van der Waals surface area contributed by atoms with Gasteiger partial charge in [-0.2, -0.15) is 0 Å². The molecule has 0 atom stereocenters. The number of benzene rings is 2. The molecule has 0 unspecified atom stereocenters. The number of amides is 1. The molecule has 0 aliphatic carbocycles. The van der Waals surface area contributed by atoms with Crippen molar-refractivity contribution in [1.29, 1.82) is 0 Å². The maximum Gasteiger partial charge on any atom is 0.289 e. The van der Waals surface area contributed by atoms with Crippen LogP contribution in [-0.4, -0.2) is 41.9 Å². The van der Waals surface area contributed by atoms with Gasteiger partial charge in [0, 0.05) is 32.7 Å². The zero-order valence-corrected chi connectivity index (χ0v) is 18.3. The average Bonchev–Trinajstić information content (AvgIpc) is 3.29. The van der Waals surface area contributed by atoms with E-state index in [1.54, 1.807) is 6.07 Å². The van der Waals surface area contributed by atoms with Gasteiger partial charge in [-0.3, -0.25) is 9.69 Å². The van der Waals surface area contributed by atoms with Gasteiger partial charge in [-0.05, 0) is 48.7 Å². The fourth-order valence-electron chi connectivity index (χ4n) is 3.76. The summed E-state index contributed by atoms with van der Waals surface area (Å²) in [5, 5.41) is 0. The monoisotopic (exact) mass is 418 g/mol. The Hall–Kier alpha value is -3.05. The van der Waals surface area contributed by atoms with Crippen molar-refractivity contribution in [3.05, 3.63) is 88.9 Å². The van der Waals surface area contributed by atoms with Crippen LogP contribution in [0.1, 0.15) is 39.9 Å². The minimum Gasteiger partial charge on any atom is -0.486 e. The summed E-state index contributed by atoms with van der Waals surface area (Å²) >= 11 is 0. The second-order valence-electron chi connectivity index (χ2n) is 8.11. The Labute approximate surface area is 184 Å². The van der Waals surface area contributed by atoms with Gasteiger partial charge in [-0.25, -0.2) is 0 Å². The standard InChI is InChI=1S/C26H30N2O3/c1-3-21-8-10-23(11-9-21)30-19-24-12-13-25(31-24)26(29)28-16-14-27(15-17-28)18-22-6-4-20(2)5-7-22/h4-13H,3,14-19H2,1-2H3. The van der Waals surface area contributed by atoms with Gasteiger partial charge in [0.2, 0.25) is 0 Å². The SMILES string of the molecule is CCc1ccc(OCc2ccc(C(=O)N3CCN(Cc4ccc(C)cc4)CC3)o2)cc1. The first kappa shape index (κ1) is 21.2. The molecule has 1 amide bonds. The minimum atomic E-state index is -0.0477. The molecule has 0 saturated carbocycles. The van der Waals surface area contributed by atoms with E-state index in [2.05, 4.69) is 55.1 Å². The highest BCUT2D eigenvalue weighted by molar-refractivity contribution is 5.91. The van der Waals surface area contributed by atoms with Crippen LogP contribution in [0.4, 0.5) is 0 Å². The molecule has 5 nitrogen and oxygen atoms in total. The van der Waals surface area contributed by atoms with E-state index >= 15 is 0 Å². The first-order valence-electron chi connectivity index (χ1n) is 11.0. The van der Waals surface area contributed by atoms with E-state index in [0.717, 1.165) is 31.8 Å². The first-order chi connectivity index (χ1) is 15.1. The van der Waals surface area contributed by atoms with E-state index in [-0.39, 0.29) is 5.91 Å². The normalized spacial score (nSPS) is 14.6. The molecule has 2 heterocycles. The molecule has 3 aromatic rings. The van der Waals surface area contributed by atoms with E-state index in [4.69, 9.17) is 9.15 Å². The van der Waals surface area contributed by atoms with Gasteiger partial charge in [0.05, 0.1) is 0 Å². The van der Waals surface area contributed by atoms with Crippen LogP contribution in [0.3, 0.4) is 0 Å². The molecule has 1 aliphatic heterocycles. The highest BCUT2D eigenvalue weighted by Gasteiger charge is 2.24. The van der Waals surface area contributed by atoms with Gasteiger partial charge in [0.1, 0.15) is 18.1 Å². The van der Waals surface area contributed by atoms with Gasteiger partial charge in [-0.1, -0.05) is 48.9 Å². The van der Waals surface area contributed by atoms with E-state index in [0.29, 0.717) is 31.2 Å². The van der Waals surface area contributed by atoms with Crippen LogP contribution in [0.2, 0.25) is 0 Å². The third kappa shape index (κ3) is 5.56. The summed E-state index contributed by atoms with van der Waals surface area (Å²) in [5.74, 6) is 1.78. The number of aryl methyl sites for hydroxylation is 2. The number of nitrogens with zero attached hydrogens (tertiary/aromatic N) is 2. The Morgan fingerprint density at radius 2 is 1.58 bits per heavy atom. The molecule has 5 heteroatoms. The summed E-state index contributed by atoms with van der Waals surface area (Å²) in [7, 11) is 0. The zero-order valence-electron chi connectivity index (χ0n) is 18.3. The summed E-state index contributed by atoms with van der Waals surface area (Å²) in [6, 6.07) is 20.3. The van der Waals surface area contributed by atoms with Crippen LogP contribution >= 0.6 is 0 Å². The zero-order chi connectivity index (χ0) is 21.6. The van der Waals surface area contributed by atoms with Gasteiger partial charge in [0.25, 0.3) is 5.91 Å². The van der Waals surface area contributed by atoms with Crippen LogP contribution in [-0.2, 0) is 19.6 Å². The van der Waals surface area contributed by atoms with E-state index < -0.39 is 0 Å². The largest absolute Gasteiger partial charge is 0.486 e. The lowest BCUT2D eigenvalue weighted by Crippen LogP contribution is -2.48. The lowest BCUT2D eigenvalue weighted by Gasteiger charge is -2.34. The lowest BCUT2D eigenvalue weighted by molar-refractivity contribution is 0.0594. The number of hydrogen-bond acceptors (Lipinski definition) is 4. The molecule has 4 rings (SSSR count). The van der Waals surface area contributed by atoms with Crippen LogP contribution in [0.25, 0.3) is 0 Å². The lowest BCUT2D eigenvalue weighted by atomic mass is 10.1. The van der Waals surface area contributed by atoms with Crippen LogP contribution in [0.15, 0.2) is 65.1 Å². The summed E-state index contributed by atoms with van der Waals surface area (Å²) in [5.41, 5.74) is 3.86. The second-order valence-corrected chi connectivity index (χ2v) is 8.11. The van der Waals surface area contributed by atoms with Gasteiger partial charge >= 0.3 is 0 Å². The Bertz CT molecular complexity index is 984. The Balaban J connectivity index is 1.26. The van der Waals surface area contributed by atoms with Crippen molar-refractivity contribution in [2.75, 3.05) is 26.2 Å². The molecule has 0 N–H and O–H groups in total. The summed E-state index contributed by atoms with van der Waals surface area (Å²) in [6.45, 7) is 8.61. The number of ether oxygens (including phenoxy) is 1. The fraction of sp³-hybridized carbons (Fsp3) is 0.346. The molecule has 0 radical (unpaired) electrons. The van der Waals surface area contributed by atoms with E-state index in [9.17, 15) is 4.79 Å². The van der Waals surface area contributed by atoms with Crippen molar-refractivity contribution in [2.24, 2.45) is 0 Å². The number of furan rings is 1. The Morgan fingerprint density at radius 1 is 0.903 bits per heavy atom. The molecule has 0 spiro atoms. The van der Waals surface area contributed by atoms with Crippen LogP contribution < -0.4 is 4.74 Å². The summed E-state index contributed by atoms with van der Waals surface area (Å²) in [4.78, 5) is 17.1. The molecule has 1 saturated heterocycles. The maximum atomic E-state index is 12.8. The minimum absolute atomic E-state index is 0.0477. The van der Waals surface area contributed by atoms with Gasteiger partial charge in [-0.15, -0.1) is 0 Å². The highest BCUT2D eigenvalue weighted by Crippen LogP contribution is 2.18. The van der Waals surface area contributed by atoms with Crippen molar-refractivity contribution >= 4 is 5.91 Å². The topological polar surface area (TPSA) is 45.9 Å².